The van der Waals surface area contributed by atoms with E-state index >= 15 is 0 Å². The lowest BCUT2D eigenvalue weighted by molar-refractivity contribution is -0.384. The number of aliphatic hydroxyl groups is 2. The van der Waals surface area contributed by atoms with E-state index in [-0.39, 0.29) is 22.5 Å². The van der Waals surface area contributed by atoms with Crippen molar-refractivity contribution in [2.24, 2.45) is 0 Å². The van der Waals surface area contributed by atoms with Crippen LogP contribution in [0.1, 0.15) is 17.2 Å². The van der Waals surface area contributed by atoms with Crippen LogP contribution in [0.15, 0.2) is 48.5 Å². The molecule has 0 spiro atoms. The third-order valence-corrected chi connectivity index (χ3v) is 6.55. The minimum Gasteiger partial charge on any atom is -0.395 e. The van der Waals surface area contributed by atoms with Crippen LogP contribution in [-0.2, 0) is 20.0 Å². The van der Waals surface area contributed by atoms with Crippen LogP contribution < -0.4 is 10.6 Å². The lowest BCUT2D eigenvalue weighted by Gasteiger charge is -2.31. The molecule has 0 heterocycles. The van der Waals surface area contributed by atoms with Gasteiger partial charge in [0.25, 0.3) is 5.69 Å². The fourth-order valence-electron chi connectivity index (χ4n) is 3.02. The van der Waals surface area contributed by atoms with Gasteiger partial charge in [0.1, 0.15) is 17.2 Å². The number of nitro groups is 1. The molecule has 0 fully saturated rings. The number of hydrogen-bond donors (Lipinski definition) is 5. The highest BCUT2D eigenvalue weighted by atomic mass is 35.5. The lowest BCUT2D eigenvalue weighted by Crippen LogP contribution is -2.47. The Kier molecular flexibility index (Phi) is 10.9. The summed E-state index contributed by atoms with van der Waals surface area (Å²) in [5, 5.41) is 34.8. The lowest BCUT2D eigenvalue weighted by atomic mass is 10.0. The highest BCUT2D eigenvalue weighted by Gasteiger charge is 2.39. The fraction of sp³-hybridized carbons (Fsp3) is 0.350. The van der Waals surface area contributed by atoms with Gasteiger partial charge in [0, 0.05) is 17.8 Å². The van der Waals surface area contributed by atoms with Crippen molar-refractivity contribution < 1.29 is 47.1 Å². The van der Waals surface area contributed by atoms with E-state index in [9.17, 15) is 47.8 Å². The van der Waals surface area contributed by atoms with Crippen molar-refractivity contribution in [1.29, 1.82) is 0 Å². The molecule has 0 aromatic heterocycles. The van der Waals surface area contributed by atoms with Crippen molar-refractivity contribution in [2.75, 3.05) is 11.9 Å². The van der Waals surface area contributed by atoms with Gasteiger partial charge in [-0.3, -0.25) is 29.3 Å². The number of amides is 1. The smallest absolute Gasteiger partial charge is 0.395 e. The topological polar surface area (TPSA) is 171 Å². The van der Waals surface area contributed by atoms with Crippen LogP contribution in [0.25, 0.3) is 0 Å². The standard InChI is InChI=1S/C20H21Cl2F3N3O8P/c21-17(22)18(30)27-15(9-29)16(12-3-7-14(8-4-12)28(32)33)36-37(34,35)10-11-1-5-13(6-2-11)26-19(31)20(23,24)25/h1-8,15-18,27,29-30H,9-10H2,(H,26,31)(H,34,35). The Hall–Kier alpha value is -2.29. The van der Waals surface area contributed by atoms with E-state index in [1.807, 2.05) is 0 Å². The number of nitrogens with zero attached hydrogens (tertiary/aromatic N) is 1. The number of alkyl halides is 5. The van der Waals surface area contributed by atoms with Crippen molar-refractivity contribution in [3.63, 3.8) is 0 Å². The summed E-state index contributed by atoms with van der Waals surface area (Å²) in [6.45, 7) is -0.757. The fourth-order valence-corrected chi connectivity index (χ4v) is 4.54. The van der Waals surface area contributed by atoms with Gasteiger partial charge in [0.05, 0.1) is 23.7 Å². The van der Waals surface area contributed by atoms with Gasteiger partial charge in [-0.15, -0.1) is 23.2 Å². The molecule has 0 saturated heterocycles. The zero-order valence-electron chi connectivity index (χ0n) is 18.5. The number of hydrogen-bond acceptors (Lipinski definition) is 8. The van der Waals surface area contributed by atoms with Crippen molar-refractivity contribution in [3.8, 4) is 0 Å². The minimum atomic E-state index is -5.10. The monoisotopic (exact) mass is 589 g/mol. The van der Waals surface area contributed by atoms with Gasteiger partial charge in [-0.2, -0.15) is 13.2 Å². The molecular weight excluding hydrogens is 569 g/mol. The maximum Gasteiger partial charge on any atom is 0.471 e. The summed E-state index contributed by atoms with van der Waals surface area (Å²) in [7, 11) is -4.57. The molecule has 2 rings (SSSR count). The molecule has 0 saturated carbocycles. The molecule has 204 valence electrons. The van der Waals surface area contributed by atoms with Gasteiger partial charge in [-0.05, 0) is 35.4 Å². The number of nitrogens with one attached hydrogen (secondary N) is 2. The summed E-state index contributed by atoms with van der Waals surface area (Å²) in [6, 6.07) is 7.92. The summed E-state index contributed by atoms with van der Waals surface area (Å²) in [6.07, 6.45) is -8.79. The van der Waals surface area contributed by atoms with Gasteiger partial charge in [0.15, 0.2) is 0 Å². The van der Waals surface area contributed by atoms with Gasteiger partial charge in [-0.1, -0.05) is 12.1 Å². The van der Waals surface area contributed by atoms with Crippen LogP contribution >= 0.6 is 30.8 Å². The van der Waals surface area contributed by atoms with E-state index in [0.717, 1.165) is 24.3 Å². The summed E-state index contributed by atoms with van der Waals surface area (Å²) in [5.74, 6) is -2.19. The second kappa shape index (κ2) is 13.0. The van der Waals surface area contributed by atoms with Crippen molar-refractivity contribution in [2.45, 2.75) is 35.5 Å². The summed E-state index contributed by atoms with van der Waals surface area (Å²) < 4.78 is 55.5. The Morgan fingerprint density at radius 2 is 1.70 bits per heavy atom. The van der Waals surface area contributed by atoms with E-state index in [2.05, 4.69) is 5.32 Å². The zero-order valence-corrected chi connectivity index (χ0v) is 20.9. The third kappa shape index (κ3) is 9.51. The number of anilines is 1. The third-order valence-electron chi connectivity index (χ3n) is 4.75. The zero-order chi connectivity index (χ0) is 28.0. The molecular formula is C20H21Cl2F3N3O8P. The maximum absolute atomic E-state index is 13.0. The van der Waals surface area contributed by atoms with Gasteiger partial charge in [0.2, 0.25) is 0 Å². The Labute approximate surface area is 217 Å². The molecule has 5 N–H and O–H groups in total. The SMILES string of the molecule is O=C(Nc1ccc(CP(=O)(O)OC(c2ccc([N+](=O)[O-])cc2)C(CO)NC(O)C(Cl)Cl)cc1)C(F)(F)F. The second-order valence-electron chi connectivity index (χ2n) is 7.55. The number of carbonyl (C=O) groups is 1. The van der Waals surface area contributed by atoms with E-state index < -0.39 is 60.6 Å². The first-order valence-electron chi connectivity index (χ1n) is 10.2. The predicted molar refractivity (Wildman–Crippen MR) is 127 cm³/mol. The van der Waals surface area contributed by atoms with Crippen LogP contribution in [0, 0.1) is 10.1 Å². The molecule has 2 aromatic carbocycles. The predicted octanol–water partition coefficient (Wildman–Crippen LogP) is 3.61. The Bertz CT molecular complexity index is 1120. The molecule has 0 bridgehead atoms. The maximum atomic E-state index is 13.0. The van der Waals surface area contributed by atoms with Crippen molar-refractivity contribution in [1.82, 2.24) is 5.32 Å². The van der Waals surface area contributed by atoms with Gasteiger partial charge in [-0.25, -0.2) is 0 Å². The number of carbonyl (C=O) groups excluding carboxylic acids is 1. The largest absolute Gasteiger partial charge is 0.471 e. The van der Waals surface area contributed by atoms with Crippen molar-refractivity contribution >= 4 is 48.1 Å². The molecule has 2 aromatic rings. The van der Waals surface area contributed by atoms with E-state index in [1.54, 1.807) is 5.32 Å². The molecule has 37 heavy (non-hydrogen) atoms. The van der Waals surface area contributed by atoms with E-state index in [4.69, 9.17) is 27.7 Å². The van der Waals surface area contributed by atoms with E-state index in [1.165, 1.54) is 24.3 Å². The first-order chi connectivity index (χ1) is 17.1. The van der Waals surface area contributed by atoms with Gasteiger partial charge < -0.3 is 20.4 Å². The molecule has 0 aliphatic carbocycles. The van der Waals surface area contributed by atoms with Crippen LogP contribution in [0.5, 0.6) is 0 Å². The number of aliphatic hydroxyl groups excluding tert-OH is 2. The summed E-state index contributed by atoms with van der Waals surface area (Å²) in [4.78, 5) is 30.5. The molecule has 1 amide bonds. The number of halogens is 5. The summed E-state index contributed by atoms with van der Waals surface area (Å²) >= 11 is 11.2. The van der Waals surface area contributed by atoms with E-state index in [0.29, 0.717) is 0 Å². The quantitative estimate of drug-likeness (QED) is 0.0815. The Balaban J connectivity index is 2.27. The number of rotatable bonds is 12. The first kappa shape index (κ1) is 30.9. The molecule has 0 radical (unpaired) electrons. The summed E-state index contributed by atoms with van der Waals surface area (Å²) in [5.41, 5.74) is -0.237. The number of non-ortho nitro benzene ring substituents is 1. The van der Waals surface area contributed by atoms with Crippen molar-refractivity contribution in [3.05, 3.63) is 69.8 Å². The second-order valence-corrected chi connectivity index (χ2v) is 10.5. The van der Waals surface area contributed by atoms with Crippen LogP contribution in [-0.4, -0.2) is 55.8 Å². The van der Waals surface area contributed by atoms with Gasteiger partial charge >= 0.3 is 19.7 Å². The normalized spacial score (nSPS) is 16.0. The van der Waals surface area contributed by atoms with Crippen LogP contribution in [0.2, 0.25) is 0 Å². The highest BCUT2D eigenvalue weighted by Crippen LogP contribution is 2.50. The Morgan fingerprint density at radius 1 is 1.14 bits per heavy atom. The average Bonchev–Trinajstić information content (AvgIpc) is 2.81. The van der Waals surface area contributed by atoms with Crippen LogP contribution in [0.4, 0.5) is 24.5 Å². The first-order valence-corrected chi connectivity index (χ1v) is 12.8. The average molecular weight is 590 g/mol. The Morgan fingerprint density at radius 3 is 2.16 bits per heavy atom. The highest BCUT2D eigenvalue weighted by molar-refractivity contribution is 7.51. The van der Waals surface area contributed by atoms with Crippen LogP contribution in [0.3, 0.4) is 0 Å². The minimum absolute atomic E-state index is 0.115. The molecule has 0 aliphatic rings. The molecule has 4 atom stereocenters. The number of benzene rings is 2. The molecule has 11 nitrogen and oxygen atoms in total. The molecule has 0 aliphatic heterocycles. The number of nitro benzene ring substituents is 1. The molecule has 4 unspecified atom stereocenters. The molecule has 17 heteroatoms.